The largest absolute Gasteiger partial charge is 0.342 e. The van der Waals surface area contributed by atoms with Gasteiger partial charge in [-0.25, -0.2) is 0 Å². The highest BCUT2D eigenvalue weighted by atomic mass is 32.2. The van der Waals surface area contributed by atoms with Crippen LogP contribution < -0.4 is 5.32 Å². The van der Waals surface area contributed by atoms with Gasteiger partial charge >= 0.3 is 0 Å². The zero-order valence-electron chi connectivity index (χ0n) is 9.21. The van der Waals surface area contributed by atoms with Gasteiger partial charge in [-0.2, -0.15) is 11.8 Å². The summed E-state index contributed by atoms with van der Waals surface area (Å²) in [4.78, 5) is 14.3. The van der Waals surface area contributed by atoms with Gasteiger partial charge in [0.2, 0.25) is 5.91 Å². The van der Waals surface area contributed by atoms with Crippen LogP contribution in [0.2, 0.25) is 0 Å². The van der Waals surface area contributed by atoms with E-state index in [-0.39, 0.29) is 5.92 Å². The lowest BCUT2D eigenvalue weighted by Gasteiger charge is -2.28. The van der Waals surface area contributed by atoms with Crippen LogP contribution in [0.25, 0.3) is 0 Å². The van der Waals surface area contributed by atoms with Gasteiger partial charge in [0.15, 0.2) is 0 Å². The Kier molecular flexibility index (Phi) is 4.32. The third kappa shape index (κ3) is 3.11. The molecule has 0 spiro atoms. The van der Waals surface area contributed by atoms with Gasteiger partial charge in [-0.3, -0.25) is 4.79 Å². The Morgan fingerprint density at radius 3 is 3.00 bits per heavy atom. The number of hydrogen-bond donors (Lipinski definition) is 1. The van der Waals surface area contributed by atoms with Crippen LogP contribution in [0.4, 0.5) is 0 Å². The van der Waals surface area contributed by atoms with Crippen molar-refractivity contribution < 1.29 is 4.79 Å². The summed E-state index contributed by atoms with van der Waals surface area (Å²) in [6.07, 6.45) is 3.39. The smallest absolute Gasteiger partial charge is 0.226 e. The SMILES string of the molecule is O=C([C@@H]1CCCNC1)N1CCCSCC1. The molecule has 15 heavy (non-hydrogen) atoms. The Labute approximate surface area is 96.0 Å². The van der Waals surface area contributed by atoms with Crippen molar-refractivity contribution in [3.05, 3.63) is 0 Å². The van der Waals surface area contributed by atoms with Crippen LogP contribution in [0.5, 0.6) is 0 Å². The second-order valence-corrected chi connectivity index (χ2v) is 5.56. The monoisotopic (exact) mass is 228 g/mol. The predicted molar refractivity (Wildman–Crippen MR) is 64.1 cm³/mol. The molecule has 4 heteroatoms. The molecule has 2 fully saturated rings. The maximum Gasteiger partial charge on any atom is 0.226 e. The fourth-order valence-electron chi connectivity index (χ4n) is 2.29. The molecule has 1 amide bonds. The van der Waals surface area contributed by atoms with E-state index >= 15 is 0 Å². The van der Waals surface area contributed by atoms with E-state index < -0.39 is 0 Å². The second-order valence-electron chi connectivity index (χ2n) is 4.33. The average molecular weight is 228 g/mol. The molecule has 86 valence electrons. The van der Waals surface area contributed by atoms with Crippen molar-refractivity contribution in [1.29, 1.82) is 0 Å². The third-order valence-corrected chi connectivity index (χ3v) is 4.23. The van der Waals surface area contributed by atoms with Crippen molar-refractivity contribution in [3.8, 4) is 0 Å². The Bertz CT molecular complexity index is 209. The lowest BCUT2D eigenvalue weighted by atomic mass is 9.98. The van der Waals surface area contributed by atoms with Crippen molar-refractivity contribution in [3.63, 3.8) is 0 Å². The van der Waals surface area contributed by atoms with E-state index in [1.165, 1.54) is 5.75 Å². The summed E-state index contributed by atoms with van der Waals surface area (Å²) >= 11 is 1.97. The maximum absolute atomic E-state index is 12.2. The summed E-state index contributed by atoms with van der Waals surface area (Å²) in [6.45, 7) is 3.91. The van der Waals surface area contributed by atoms with Gasteiger partial charge in [0.1, 0.15) is 0 Å². The molecule has 0 radical (unpaired) electrons. The zero-order chi connectivity index (χ0) is 10.5. The third-order valence-electron chi connectivity index (χ3n) is 3.18. The van der Waals surface area contributed by atoms with Gasteiger partial charge in [0.05, 0.1) is 5.92 Å². The zero-order valence-corrected chi connectivity index (χ0v) is 10.0. The molecule has 0 aromatic carbocycles. The normalized spacial score (nSPS) is 28.5. The van der Waals surface area contributed by atoms with E-state index in [9.17, 15) is 4.79 Å². The van der Waals surface area contributed by atoms with Crippen LogP contribution in [0.15, 0.2) is 0 Å². The Hall–Kier alpha value is -0.220. The van der Waals surface area contributed by atoms with Gasteiger partial charge in [-0.05, 0) is 31.6 Å². The topological polar surface area (TPSA) is 32.3 Å². The first kappa shape index (κ1) is 11.3. The lowest BCUT2D eigenvalue weighted by molar-refractivity contribution is -0.135. The molecule has 0 bridgehead atoms. The van der Waals surface area contributed by atoms with Crippen LogP contribution in [-0.2, 0) is 4.79 Å². The number of nitrogens with zero attached hydrogens (tertiary/aromatic N) is 1. The summed E-state index contributed by atoms with van der Waals surface area (Å²) in [5, 5.41) is 3.32. The van der Waals surface area contributed by atoms with Gasteiger partial charge in [-0.15, -0.1) is 0 Å². The molecule has 0 aromatic rings. The van der Waals surface area contributed by atoms with Crippen molar-refractivity contribution >= 4 is 17.7 Å². The minimum Gasteiger partial charge on any atom is -0.342 e. The lowest BCUT2D eigenvalue weighted by Crippen LogP contribution is -2.43. The van der Waals surface area contributed by atoms with Crippen molar-refractivity contribution in [2.75, 3.05) is 37.7 Å². The molecule has 1 atom stereocenters. The number of piperidine rings is 1. The van der Waals surface area contributed by atoms with E-state index in [2.05, 4.69) is 10.2 Å². The van der Waals surface area contributed by atoms with Crippen molar-refractivity contribution in [2.45, 2.75) is 19.3 Å². The number of carbonyl (C=O) groups excluding carboxylic acids is 1. The van der Waals surface area contributed by atoms with Crippen LogP contribution >= 0.6 is 11.8 Å². The first-order chi connectivity index (χ1) is 7.38. The predicted octanol–water partition coefficient (Wildman–Crippen LogP) is 0.952. The molecule has 2 rings (SSSR count). The fraction of sp³-hybridized carbons (Fsp3) is 0.909. The van der Waals surface area contributed by atoms with E-state index in [4.69, 9.17) is 0 Å². The molecule has 2 aliphatic rings. The number of amides is 1. The number of rotatable bonds is 1. The molecule has 0 unspecified atom stereocenters. The Balaban J connectivity index is 1.87. The first-order valence-corrected chi connectivity index (χ1v) is 7.10. The minimum atomic E-state index is 0.252. The van der Waals surface area contributed by atoms with Gasteiger partial charge in [0, 0.05) is 25.4 Å². The molecular formula is C11H20N2OS. The van der Waals surface area contributed by atoms with E-state index in [0.717, 1.165) is 51.2 Å². The maximum atomic E-state index is 12.2. The summed E-state index contributed by atoms with van der Waals surface area (Å²) in [5.41, 5.74) is 0. The van der Waals surface area contributed by atoms with Crippen molar-refractivity contribution in [2.24, 2.45) is 5.92 Å². The molecule has 0 saturated carbocycles. The van der Waals surface area contributed by atoms with Gasteiger partial charge < -0.3 is 10.2 Å². The standard InChI is InChI=1S/C11H20N2OS/c14-11(10-3-1-4-12-9-10)13-5-2-7-15-8-6-13/h10,12H,1-9H2/t10-/m1/s1. The number of hydrogen-bond acceptors (Lipinski definition) is 3. The fourth-order valence-corrected chi connectivity index (χ4v) is 3.17. The molecule has 3 nitrogen and oxygen atoms in total. The molecular weight excluding hydrogens is 208 g/mol. The molecule has 0 aromatic heterocycles. The number of carbonyl (C=O) groups is 1. The minimum absolute atomic E-state index is 0.252. The number of thioether (sulfide) groups is 1. The molecule has 0 aliphatic carbocycles. The molecule has 1 N–H and O–H groups in total. The second kappa shape index (κ2) is 5.75. The highest BCUT2D eigenvalue weighted by Crippen LogP contribution is 2.16. The van der Waals surface area contributed by atoms with Crippen LogP contribution in [-0.4, -0.2) is 48.5 Å². The van der Waals surface area contributed by atoms with E-state index in [1.807, 2.05) is 11.8 Å². The average Bonchev–Trinajstić information content (AvgIpc) is 2.58. The summed E-state index contributed by atoms with van der Waals surface area (Å²) in [5.74, 6) is 2.98. The van der Waals surface area contributed by atoms with E-state index in [1.54, 1.807) is 0 Å². The Morgan fingerprint density at radius 1 is 1.27 bits per heavy atom. The van der Waals surface area contributed by atoms with Crippen LogP contribution in [0, 0.1) is 5.92 Å². The quantitative estimate of drug-likeness (QED) is 0.725. The summed E-state index contributed by atoms with van der Waals surface area (Å²) in [6, 6.07) is 0. The highest BCUT2D eigenvalue weighted by molar-refractivity contribution is 7.99. The first-order valence-electron chi connectivity index (χ1n) is 5.95. The Morgan fingerprint density at radius 2 is 2.20 bits per heavy atom. The van der Waals surface area contributed by atoms with Crippen LogP contribution in [0.3, 0.4) is 0 Å². The molecule has 2 saturated heterocycles. The van der Waals surface area contributed by atoms with Gasteiger partial charge in [-0.1, -0.05) is 0 Å². The highest BCUT2D eigenvalue weighted by Gasteiger charge is 2.25. The molecule has 2 heterocycles. The van der Waals surface area contributed by atoms with E-state index in [0.29, 0.717) is 5.91 Å². The summed E-state index contributed by atoms with van der Waals surface area (Å²) < 4.78 is 0. The number of nitrogens with one attached hydrogen (secondary N) is 1. The van der Waals surface area contributed by atoms with Crippen molar-refractivity contribution in [1.82, 2.24) is 10.2 Å². The molecule has 2 aliphatic heterocycles. The summed E-state index contributed by atoms with van der Waals surface area (Å²) in [7, 11) is 0. The van der Waals surface area contributed by atoms with Gasteiger partial charge in [0.25, 0.3) is 0 Å². The van der Waals surface area contributed by atoms with Crippen LogP contribution in [0.1, 0.15) is 19.3 Å².